The number of nitrogens with zero attached hydrogens (tertiary/aromatic N) is 2. The van der Waals surface area contributed by atoms with Crippen molar-refractivity contribution in [1.29, 1.82) is 0 Å². The summed E-state index contributed by atoms with van der Waals surface area (Å²) in [5.74, 6) is 0.192. The zero-order chi connectivity index (χ0) is 12.5. The minimum atomic E-state index is -0.548. The summed E-state index contributed by atoms with van der Waals surface area (Å²) in [6.07, 6.45) is 3.95. The van der Waals surface area contributed by atoms with Gasteiger partial charge in [0, 0.05) is 25.7 Å². The number of hydrogen-bond donors (Lipinski definition) is 1. The first-order chi connectivity index (χ1) is 8.07. The van der Waals surface area contributed by atoms with E-state index in [1.54, 1.807) is 0 Å². The van der Waals surface area contributed by atoms with Gasteiger partial charge >= 0.3 is 0 Å². The van der Waals surface area contributed by atoms with Crippen LogP contribution >= 0.6 is 0 Å². The molecule has 1 heterocycles. The van der Waals surface area contributed by atoms with Crippen LogP contribution in [0.4, 0.5) is 0 Å². The lowest BCUT2D eigenvalue weighted by Gasteiger charge is -2.42. The van der Waals surface area contributed by atoms with Gasteiger partial charge < -0.3 is 10.6 Å². The van der Waals surface area contributed by atoms with Crippen molar-refractivity contribution in [3.63, 3.8) is 0 Å². The molecule has 2 fully saturated rings. The Labute approximate surface area is 104 Å². The molecule has 17 heavy (non-hydrogen) atoms. The van der Waals surface area contributed by atoms with Crippen LogP contribution in [0.5, 0.6) is 0 Å². The molecule has 4 heteroatoms. The first kappa shape index (κ1) is 12.8. The first-order valence-electron chi connectivity index (χ1n) is 6.89. The molecule has 1 atom stereocenters. The normalized spacial score (nSPS) is 29.6. The van der Waals surface area contributed by atoms with Crippen LogP contribution in [-0.4, -0.2) is 53.5 Å². The minimum absolute atomic E-state index is 0.192. The van der Waals surface area contributed by atoms with E-state index in [0.717, 1.165) is 51.9 Å². The molecule has 2 aliphatic rings. The summed E-state index contributed by atoms with van der Waals surface area (Å²) in [4.78, 5) is 16.9. The number of carbonyl (C=O) groups excluding carboxylic acids is 1. The molecule has 0 spiro atoms. The molecular weight excluding hydrogens is 214 g/mol. The van der Waals surface area contributed by atoms with E-state index < -0.39 is 5.54 Å². The van der Waals surface area contributed by atoms with Gasteiger partial charge in [0.1, 0.15) is 0 Å². The Morgan fingerprint density at radius 3 is 2.53 bits per heavy atom. The largest absolute Gasteiger partial charge is 0.338 e. The fourth-order valence-electron chi connectivity index (χ4n) is 3.18. The standard InChI is InChI=1S/C13H25N3O/c1-3-15-8-9-16(10-11(15)2)12(17)13(14)6-4-5-7-13/h11H,3-10,14H2,1-2H3. The third-order valence-corrected chi connectivity index (χ3v) is 4.38. The molecule has 2 rings (SSSR count). The van der Waals surface area contributed by atoms with Crippen molar-refractivity contribution in [1.82, 2.24) is 9.80 Å². The number of rotatable bonds is 2. The number of carbonyl (C=O) groups is 1. The smallest absolute Gasteiger partial charge is 0.242 e. The third-order valence-electron chi connectivity index (χ3n) is 4.38. The molecule has 1 amide bonds. The molecule has 1 aliphatic heterocycles. The van der Waals surface area contributed by atoms with E-state index in [2.05, 4.69) is 18.7 Å². The zero-order valence-corrected chi connectivity index (χ0v) is 11.1. The van der Waals surface area contributed by atoms with Crippen LogP contribution in [0.15, 0.2) is 0 Å². The molecule has 1 aliphatic carbocycles. The molecule has 0 aromatic carbocycles. The fraction of sp³-hybridized carbons (Fsp3) is 0.923. The summed E-state index contributed by atoms with van der Waals surface area (Å²) in [5, 5.41) is 0. The molecular formula is C13H25N3O. The van der Waals surface area contributed by atoms with Crippen molar-refractivity contribution in [2.75, 3.05) is 26.2 Å². The van der Waals surface area contributed by atoms with Crippen molar-refractivity contribution < 1.29 is 4.79 Å². The van der Waals surface area contributed by atoms with Crippen LogP contribution in [0.2, 0.25) is 0 Å². The van der Waals surface area contributed by atoms with Crippen LogP contribution < -0.4 is 5.73 Å². The van der Waals surface area contributed by atoms with Crippen molar-refractivity contribution >= 4 is 5.91 Å². The lowest BCUT2D eigenvalue weighted by Crippen LogP contribution is -2.60. The van der Waals surface area contributed by atoms with Crippen molar-refractivity contribution in [2.45, 2.75) is 51.1 Å². The Kier molecular flexibility index (Phi) is 3.73. The van der Waals surface area contributed by atoms with E-state index in [1.165, 1.54) is 0 Å². The number of likely N-dealkylation sites (N-methyl/N-ethyl adjacent to an activating group) is 1. The van der Waals surface area contributed by atoms with Crippen LogP contribution in [0.1, 0.15) is 39.5 Å². The molecule has 0 bridgehead atoms. The SMILES string of the molecule is CCN1CCN(C(=O)C2(N)CCCC2)CC1C. The van der Waals surface area contributed by atoms with Gasteiger partial charge in [-0.15, -0.1) is 0 Å². The second-order valence-electron chi connectivity index (χ2n) is 5.59. The maximum absolute atomic E-state index is 12.4. The van der Waals surface area contributed by atoms with Crippen molar-refractivity contribution in [2.24, 2.45) is 5.73 Å². The maximum atomic E-state index is 12.4. The Bertz CT molecular complexity index is 286. The molecule has 98 valence electrons. The molecule has 0 aromatic heterocycles. The average Bonchev–Trinajstić information content (AvgIpc) is 2.76. The number of hydrogen-bond acceptors (Lipinski definition) is 3. The van der Waals surface area contributed by atoms with Gasteiger partial charge in [-0.05, 0) is 26.3 Å². The lowest BCUT2D eigenvalue weighted by atomic mass is 9.96. The predicted molar refractivity (Wildman–Crippen MR) is 68.7 cm³/mol. The van der Waals surface area contributed by atoms with Gasteiger partial charge in [0.25, 0.3) is 0 Å². The van der Waals surface area contributed by atoms with E-state index in [9.17, 15) is 4.79 Å². The Morgan fingerprint density at radius 2 is 2.00 bits per heavy atom. The third kappa shape index (κ3) is 2.47. The maximum Gasteiger partial charge on any atom is 0.242 e. The summed E-state index contributed by atoms with van der Waals surface area (Å²) in [6.45, 7) is 8.11. The monoisotopic (exact) mass is 239 g/mol. The Balaban J connectivity index is 1.97. The van der Waals surface area contributed by atoms with Crippen LogP contribution in [0, 0.1) is 0 Å². The van der Waals surface area contributed by atoms with Gasteiger partial charge in [-0.3, -0.25) is 9.69 Å². The highest BCUT2D eigenvalue weighted by molar-refractivity contribution is 5.86. The molecule has 1 saturated heterocycles. The minimum Gasteiger partial charge on any atom is -0.338 e. The van der Waals surface area contributed by atoms with E-state index in [4.69, 9.17) is 5.73 Å². The highest BCUT2D eigenvalue weighted by Crippen LogP contribution is 2.29. The van der Waals surface area contributed by atoms with Gasteiger partial charge in [0.2, 0.25) is 5.91 Å². The number of nitrogens with two attached hydrogens (primary N) is 1. The van der Waals surface area contributed by atoms with Gasteiger partial charge in [0.05, 0.1) is 5.54 Å². The fourth-order valence-corrected chi connectivity index (χ4v) is 3.18. The summed E-state index contributed by atoms with van der Waals surface area (Å²) in [5.41, 5.74) is 5.69. The van der Waals surface area contributed by atoms with E-state index in [-0.39, 0.29) is 5.91 Å². The summed E-state index contributed by atoms with van der Waals surface area (Å²) in [7, 11) is 0. The number of piperazine rings is 1. The van der Waals surface area contributed by atoms with Gasteiger partial charge in [-0.2, -0.15) is 0 Å². The Morgan fingerprint density at radius 1 is 1.35 bits per heavy atom. The van der Waals surface area contributed by atoms with Crippen LogP contribution in [-0.2, 0) is 4.79 Å². The number of amides is 1. The molecule has 0 aromatic rings. The predicted octanol–water partition coefficient (Wildman–Crippen LogP) is 0.811. The Hall–Kier alpha value is -0.610. The van der Waals surface area contributed by atoms with Crippen LogP contribution in [0.3, 0.4) is 0 Å². The lowest BCUT2D eigenvalue weighted by molar-refractivity contribution is -0.139. The first-order valence-corrected chi connectivity index (χ1v) is 6.89. The quantitative estimate of drug-likeness (QED) is 0.776. The molecule has 1 unspecified atom stereocenters. The zero-order valence-electron chi connectivity index (χ0n) is 11.1. The van der Waals surface area contributed by atoms with E-state index >= 15 is 0 Å². The van der Waals surface area contributed by atoms with Crippen molar-refractivity contribution in [3.05, 3.63) is 0 Å². The van der Waals surface area contributed by atoms with Gasteiger partial charge in [0.15, 0.2) is 0 Å². The highest BCUT2D eigenvalue weighted by Gasteiger charge is 2.41. The molecule has 0 radical (unpaired) electrons. The summed E-state index contributed by atoms with van der Waals surface area (Å²) in [6, 6.07) is 0.461. The van der Waals surface area contributed by atoms with Crippen molar-refractivity contribution in [3.8, 4) is 0 Å². The molecule has 4 nitrogen and oxygen atoms in total. The summed E-state index contributed by atoms with van der Waals surface area (Å²) < 4.78 is 0. The topological polar surface area (TPSA) is 49.6 Å². The van der Waals surface area contributed by atoms with Gasteiger partial charge in [-0.1, -0.05) is 19.8 Å². The second-order valence-corrected chi connectivity index (χ2v) is 5.59. The van der Waals surface area contributed by atoms with Gasteiger partial charge in [-0.25, -0.2) is 0 Å². The highest BCUT2D eigenvalue weighted by atomic mass is 16.2. The average molecular weight is 239 g/mol. The van der Waals surface area contributed by atoms with E-state index in [0.29, 0.717) is 6.04 Å². The summed E-state index contributed by atoms with van der Waals surface area (Å²) >= 11 is 0. The second kappa shape index (κ2) is 4.94. The molecule has 1 saturated carbocycles. The van der Waals surface area contributed by atoms with Crippen LogP contribution in [0.25, 0.3) is 0 Å². The van der Waals surface area contributed by atoms with E-state index in [1.807, 2.05) is 4.90 Å². The molecule has 2 N–H and O–H groups in total.